The van der Waals surface area contributed by atoms with Gasteiger partial charge in [0.1, 0.15) is 6.61 Å². The molecule has 5 heteroatoms. The Morgan fingerprint density at radius 2 is 2.16 bits per heavy atom. The van der Waals surface area contributed by atoms with Gasteiger partial charge in [0, 0.05) is 19.5 Å². The van der Waals surface area contributed by atoms with Crippen molar-refractivity contribution in [3.05, 3.63) is 35.9 Å². The molecule has 0 amide bonds. The number of benzene rings is 1. The highest BCUT2D eigenvalue weighted by molar-refractivity contribution is 5.88. The first-order valence-corrected chi connectivity index (χ1v) is 6.30. The molecule has 1 fully saturated rings. The average Bonchev–Trinajstić information content (AvgIpc) is 2.83. The lowest BCUT2D eigenvalue weighted by atomic mass is 10.2. The third-order valence-corrected chi connectivity index (χ3v) is 2.84. The molecule has 0 atom stereocenters. The van der Waals surface area contributed by atoms with Crippen LogP contribution in [0.4, 0.5) is 0 Å². The maximum atomic E-state index is 11.4. The Bertz CT molecular complexity index is 445. The molecule has 0 radical (unpaired) electrons. The van der Waals surface area contributed by atoms with Gasteiger partial charge in [0.25, 0.3) is 0 Å². The van der Waals surface area contributed by atoms with E-state index in [0.717, 1.165) is 30.8 Å². The van der Waals surface area contributed by atoms with Crippen LogP contribution < -0.4 is 0 Å². The Morgan fingerprint density at radius 1 is 1.37 bits per heavy atom. The number of likely N-dealkylation sites (tertiary alicyclic amines) is 1. The van der Waals surface area contributed by atoms with Gasteiger partial charge in [0.05, 0.1) is 12.3 Å². The van der Waals surface area contributed by atoms with Gasteiger partial charge in [-0.3, -0.25) is 0 Å². The van der Waals surface area contributed by atoms with Crippen molar-refractivity contribution in [3.8, 4) is 0 Å². The summed E-state index contributed by atoms with van der Waals surface area (Å²) in [4.78, 5) is 18.3. The number of carbonyl (C=O) groups excluding carboxylic acids is 1. The lowest BCUT2D eigenvalue weighted by Crippen LogP contribution is -2.15. The van der Waals surface area contributed by atoms with Crippen LogP contribution in [0.3, 0.4) is 0 Å². The zero-order valence-corrected chi connectivity index (χ0v) is 11.0. The summed E-state index contributed by atoms with van der Waals surface area (Å²) in [5.74, 6) is -0.460. The first kappa shape index (κ1) is 13.7. The van der Waals surface area contributed by atoms with Crippen LogP contribution in [0, 0.1) is 0 Å². The van der Waals surface area contributed by atoms with Gasteiger partial charge >= 0.3 is 5.97 Å². The Hall–Kier alpha value is -1.72. The van der Waals surface area contributed by atoms with E-state index in [1.54, 1.807) is 0 Å². The van der Waals surface area contributed by atoms with Crippen molar-refractivity contribution in [3.63, 3.8) is 0 Å². The lowest BCUT2D eigenvalue weighted by molar-refractivity contribution is -0.149. The van der Waals surface area contributed by atoms with Gasteiger partial charge in [0.15, 0.2) is 0 Å². The molecule has 1 saturated heterocycles. The minimum absolute atomic E-state index is 0.0818. The van der Waals surface area contributed by atoms with Crippen molar-refractivity contribution in [1.29, 1.82) is 0 Å². The van der Waals surface area contributed by atoms with Gasteiger partial charge in [-0.25, -0.2) is 4.79 Å². The molecule has 1 aliphatic heterocycles. The predicted octanol–water partition coefficient (Wildman–Crippen LogP) is 1.44. The molecule has 0 spiro atoms. The Morgan fingerprint density at radius 3 is 2.84 bits per heavy atom. The number of nitrogens with zero attached hydrogens (tertiary/aromatic N) is 2. The number of carbonyl (C=O) groups is 1. The first-order chi connectivity index (χ1) is 9.24. The van der Waals surface area contributed by atoms with E-state index in [4.69, 9.17) is 9.57 Å². The molecule has 0 aromatic heterocycles. The van der Waals surface area contributed by atoms with E-state index in [9.17, 15) is 4.79 Å². The fourth-order valence-electron chi connectivity index (χ4n) is 1.83. The zero-order valence-electron chi connectivity index (χ0n) is 11.0. The summed E-state index contributed by atoms with van der Waals surface area (Å²) < 4.78 is 5.26. The normalized spacial score (nSPS) is 17.8. The molecular weight excluding hydrogens is 244 g/mol. The number of hydrogen-bond acceptors (Lipinski definition) is 5. The van der Waals surface area contributed by atoms with Crippen molar-refractivity contribution in [2.75, 3.05) is 26.7 Å². The highest BCUT2D eigenvalue weighted by Gasteiger charge is 2.14. The van der Waals surface area contributed by atoms with Crippen molar-refractivity contribution >= 4 is 11.7 Å². The summed E-state index contributed by atoms with van der Waals surface area (Å²) in [5.41, 5.74) is 1.93. The monoisotopic (exact) mass is 262 g/mol. The molecule has 0 saturated carbocycles. The molecule has 19 heavy (non-hydrogen) atoms. The molecule has 1 aromatic rings. The molecular formula is C14H18N2O3. The van der Waals surface area contributed by atoms with Crippen LogP contribution in [-0.4, -0.2) is 43.3 Å². The molecule has 0 bridgehead atoms. The van der Waals surface area contributed by atoms with Crippen LogP contribution in [0.2, 0.25) is 0 Å². The second-order valence-corrected chi connectivity index (χ2v) is 4.59. The summed E-state index contributed by atoms with van der Waals surface area (Å²) in [6.07, 6.45) is 0.856. The standard InChI is InChI=1S/C14H18N2O3/c1-16-8-7-13(9-16)15-19-14(17)11-18-10-12-5-3-2-4-6-12/h2-6H,7-11H2,1H3/b15-13+. The maximum Gasteiger partial charge on any atom is 0.360 e. The van der Waals surface area contributed by atoms with Crippen molar-refractivity contribution in [1.82, 2.24) is 4.90 Å². The minimum atomic E-state index is -0.460. The molecule has 2 rings (SSSR count). The summed E-state index contributed by atoms with van der Waals surface area (Å²) in [6, 6.07) is 9.69. The van der Waals surface area contributed by atoms with Crippen molar-refractivity contribution in [2.45, 2.75) is 13.0 Å². The van der Waals surface area contributed by atoms with E-state index >= 15 is 0 Å². The predicted molar refractivity (Wildman–Crippen MR) is 71.7 cm³/mol. The quantitative estimate of drug-likeness (QED) is 0.595. The van der Waals surface area contributed by atoms with Gasteiger partial charge in [-0.1, -0.05) is 35.5 Å². The average molecular weight is 262 g/mol. The van der Waals surface area contributed by atoms with Gasteiger partial charge in [-0.15, -0.1) is 0 Å². The summed E-state index contributed by atoms with van der Waals surface area (Å²) in [7, 11) is 2.01. The third kappa shape index (κ3) is 4.81. The van der Waals surface area contributed by atoms with Crippen LogP contribution in [0.15, 0.2) is 35.5 Å². The van der Waals surface area contributed by atoms with Crippen LogP contribution in [0.5, 0.6) is 0 Å². The first-order valence-electron chi connectivity index (χ1n) is 6.30. The molecule has 1 aromatic carbocycles. The number of oxime groups is 1. The van der Waals surface area contributed by atoms with Crippen LogP contribution in [0.25, 0.3) is 0 Å². The van der Waals surface area contributed by atoms with Gasteiger partial charge in [-0.2, -0.15) is 0 Å². The fraction of sp³-hybridized carbons (Fsp3) is 0.429. The largest absolute Gasteiger partial charge is 0.365 e. The highest BCUT2D eigenvalue weighted by Crippen LogP contribution is 2.04. The topological polar surface area (TPSA) is 51.1 Å². The Labute approximate surface area is 112 Å². The summed E-state index contributed by atoms with van der Waals surface area (Å²) >= 11 is 0. The molecule has 5 nitrogen and oxygen atoms in total. The Balaban J connectivity index is 1.65. The van der Waals surface area contributed by atoms with Crippen molar-refractivity contribution < 1.29 is 14.4 Å². The second-order valence-electron chi connectivity index (χ2n) is 4.59. The van der Waals surface area contributed by atoms with Crippen molar-refractivity contribution in [2.24, 2.45) is 5.16 Å². The molecule has 0 aliphatic carbocycles. The SMILES string of the molecule is CN1CC/C(=N\OC(=O)COCc2ccccc2)C1. The highest BCUT2D eigenvalue weighted by atomic mass is 16.7. The lowest BCUT2D eigenvalue weighted by Gasteiger charge is -2.03. The molecule has 102 valence electrons. The summed E-state index contributed by atoms with van der Waals surface area (Å²) in [5, 5.41) is 3.84. The molecule has 0 N–H and O–H groups in total. The molecule has 1 aliphatic rings. The van der Waals surface area contributed by atoms with E-state index in [0.29, 0.717) is 6.61 Å². The van der Waals surface area contributed by atoms with E-state index in [1.165, 1.54) is 0 Å². The van der Waals surface area contributed by atoms with Crippen LogP contribution in [0.1, 0.15) is 12.0 Å². The number of rotatable bonds is 5. The molecule has 0 unspecified atom stereocenters. The van der Waals surface area contributed by atoms with Gasteiger partial charge < -0.3 is 14.5 Å². The zero-order chi connectivity index (χ0) is 13.5. The van der Waals surface area contributed by atoms with E-state index in [1.807, 2.05) is 37.4 Å². The summed E-state index contributed by atoms with van der Waals surface area (Å²) in [6.45, 7) is 2.04. The number of hydrogen-bond donors (Lipinski definition) is 0. The number of ether oxygens (including phenoxy) is 1. The maximum absolute atomic E-state index is 11.4. The smallest absolute Gasteiger partial charge is 0.360 e. The third-order valence-electron chi connectivity index (χ3n) is 2.84. The van der Waals surface area contributed by atoms with Crippen LogP contribution >= 0.6 is 0 Å². The van der Waals surface area contributed by atoms with Gasteiger partial charge in [-0.05, 0) is 12.6 Å². The molecule has 1 heterocycles. The van der Waals surface area contributed by atoms with Crippen LogP contribution in [-0.2, 0) is 21.0 Å². The minimum Gasteiger partial charge on any atom is -0.365 e. The van der Waals surface area contributed by atoms with Gasteiger partial charge in [0.2, 0.25) is 0 Å². The second kappa shape index (κ2) is 7.01. The fourth-order valence-corrected chi connectivity index (χ4v) is 1.83. The van der Waals surface area contributed by atoms with E-state index in [-0.39, 0.29) is 6.61 Å². The van der Waals surface area contributed by atoms with E-state index in [2.05, 4.69) is 10.1 Å². The Kier molecular flexibility index (Phi) is 5.06. The van der Waals surface area contributed by atoms with E-state index < -0.39 is 5.97 Å².